The molecule has 0 saturated carbocycles. The molecule has 0 spiro atoms. The lowest BCUT2D eigenvalue weighted by molar-refractivity contribution is -0.388. The summed E-state index contributed by atoms with van der Waals surface area (Å²) >= 11 is 0. The fourth-order valence-corrected chi connectivity index (χ4v) is 1.41. The second kappa shape index (κ2) is 4.93. The Labute approximate surface area is 104 Å². The van der Waals surface area contributed by atoms with Crippen molar-refractivity contribution in [2.45, 2.75) is 6.18 Å². The number of nitro benzene ring substituents is 1. The highest BCUT2D eigenvalue weighted by molar-refractivity contribution is 5.97. The number of ether oxygens (including phenoxy) is 1. The molecule has 0 aliphatic rings. The molecule has 1 aromatic rings. The van der Waals surface area contributed by atoms with Gasteiger partial charge in [0.25, 0.3) is 5.69 Å². The van der Waals surface area contributed by atoms with Crippen molar-refractivity contribution in [1.82, 2.24) is 0 Å². The van der Waals surface area contributed by atoms with E-state index in [0.29, 0.717) is 12.1 Å². The van der Waals surface area contributed by atoms with Crippen molar-refractivity contribution in [3.63, 3.8) is 0 Å². The van der Waals surface area contributed by atoms with Crippen molar-refractivity contribution in [2.75, 3.05) is 7.11 Å². The number of hydrogen-bond donors (Lipinski definition) is 0. The number of alkyl halides is 3. The molecule has 1 rings (SSSR count). The molecule has 6 nitrogen and oxygen atoms in total. The molecule has 0 bridgehead atoms. The minimum Gasteiger partial charge on any atom is -0.465 e. The number of nitriles is 1. The quantitative estimate of drug-likeness (QED) is 0.468. The number of nitrogens with zero attached hydrogens (tertiary/aromatic N) is 2. The van der Waals surface area contributed by atoms with Gasteiger partial charge in [0.2, 0.25) is 0 Å². The van der Waals surface area contributed by atoms with E-state index in [9.17, 15) is 28.1 Å². The molecule has 0 aromatic heterocycles. The molecular weight excluding hydrogens is 269 g/mol. The van der Waals surface area contributed by atoms with Crippen LogP contribution in [0.3, 0.4) is 0 Å². The minimum absolute atomic E-state index is 0.378. The van der Waals surface area contributed by atoms with Gasteiger partial charge in [0.15, 0.2) is 5.56 Å². The Morgan fingerprint density at radius 2 is 2.05 bits per heavy atom. The molecule has 0 unspecified atom stereocenters. The summed E-state index contributed by atoms with van der Waals surface area (Å²) in [5, 5.41) is 19.5. The number of esters is 1. The van der Waals surface area contributed by atoms with Gasteiger partial charge in [0.05, 0.1) is 17.6 Å². The van der Waals surface area contributed by atoms with Crippen molar-refractivity contribution >= 4 is 11.7 Å². The normalized spacial score (nSPS) is 10.7. The first-order valence-corrected chi connectivity index (χ1v) is 4.61. The number of methoxy groups -OCH3 is 1. The van der Waals surface area contributed by atoms with Crippen molar-refractivity contribution in [1.29, 1.82) is 5.26 Å². The van der Waals surface area contributed by atoms with Gasteiger partial charge in [-0.2, -0.15) is 18.4 Å². The van der Waals surface area contributed by atoms with Gasteiger partial charge in [-0.3, -0.25) is 10.1 Å². The van der Waals surface area contributed by atoms with Crippen LogP contribution < -0.4 is 0 Å². The van der Waals surface area contributed by atoms with Crippen LogP contribution in [0, 0.1) is 21.4 Å². The SMILES string of the molecule is COC(=O)c1c(C#N)ccc(C(F)(F)F)c1[N+](=O)[O-]. The van der Waals surface area contributed by atoms with Crippen LogP contribution in [0.2, 0.25) is 0 Å². The summed E-state index contributed by atoms with van der Waals surface area (Å²) in [6.07, 6.45) is -5.03. The Kier molecular flexibility index (Phi) is 3.75. The number of carbonyl (C=O) groups excluding carboxylic acids is 1. The summed E-state index contributed by atoms with van der Waals surface area (Å²) in [7, 11) is 0.841. The van der Waals surface area contributed by atoms with E-state index in [2.05, 4.69) is 4.74 Å². The van der Waals surface area contributed by atoms with Gasteiger partial charge >= 0.3 is 12.1 Å². The summed E-state index contributed by atoms with van der Waals surface area (Å²) < 4.78 is 42.1. The number of rotatable bonds is 2. The highest BCUT2D eigenvalue weighted by Crippen LogP contribution is 2.39. The van der Waals surface area contributed by atoms with E-state index >= 15 is 0 Å². The Morgan fingerprint density at radius 3 is 2.42 bits per heavy atom. The van der Waals surface area contributed by atoms with Crippen LogP contribution in [0.15, 0.2) is 12.1 Å². The average Bonchev–Trinajstić information content (AvgIpc) is 2.34. The van der Waals surface area contributed by atoms with Crippen LogP contribution in [-0.2, 0) is 10.9 Å². The molecule has 0 aliphatic carbocycles. The van der Waals surface area contributed by atoms with Gasteiger partial charge in [-0.1, -0.05) is 0 Å². The first kappa shape index (κ1) is 14.4. The summed E-state index contributed by atoms with van der Waals surface area (Å²) in [5.41, 5.74) is -4.67. The summed E-state index contributed by atoms with van der Waals surface area (Å²) in [6.45, 7) is 0. The molecule has 0 saturated heterocycles. The van der Waals surface area contributed by atoms with Crippen LogP contribution >= 0.6 is 0 Å². The van der Waals surface area contributed by atoms with Gasteiger partial charge in [0.1, 0.15) is 11.6 Å². The second-order valence-electron chi connectivity index (χ2n) is 3.24. The van der Waals surface area contributed by atoms with Crippen molar-refractivity contribution in [2.24, 2.45) is 0 Å². The van der Waals surface area contributed by atoms with Crippen molar-refractivity contribution in [3.05, 3.63) is 38.9 Å². The van der Waals surface area contributed by atoms with E-state index in [1.54, 1.807) is 0 Å². The van der Waals surface area contributed by atoms with E-state index in [4.69, 9.17) is 5.26 Å². The van der Waals surface area contributed by atoms with Crippen molar-refractivity contribution in [3.8, 4) is 6.07 Å². The van der Waals surface area contributed by atoms with E-state index in [-0.39, 0.29) is 0 Å². The first-order chi connectivity index (χ1) is 8.73. The molecule has 0 amide bonds. The van der Waals surface area contributed by atoms with Crippen molar-refractivity contribution < 1.29 is 27.6 Å². The lowest BCUT2D eigenvalue weighted by Gasteiger charge is -2.10. The monoisotopic (exact) mass is 274 g/mol. The third-order valence-corrected chi connectivity index (χ3v) is 2.18. The minimum atomic E-state index is -5.03. The second-order valence-corrected chi connectivity index (χ2v) is 3.24. The summed E-state index contributed by atoms with van der Waals surface area (Å²) in [5.74, 6) is -1.38. The Morgan fingerprint density at radius 1 is 1.47 bits per heavy atom. The van der Waals surface area contributed by atoms with E-state index in [1.807, 2.05) is 0 Å². The maximum atomic E-state index is 12.7. The van der Waals surface area contributed by atoms with Crippen LogP contribution in [0.25, 0.3) is 0 Å². The predicted molar refractivity (Wildman–Crippen MR) is 54.2 cm³/mol. The zero-order valence-corrected chi connectivity index (χ0v) is 9.32. The highest BCUT2D eigenvalue weighted by Gasteiger charge is 2.42. The van der Waals surface area contributed by atoms with Gasteiger partial charge in [0, 0.05) is 0 Å². The van der Waals surface area contributed by atoms with Crippen LogP contribution in [-0.4, -0.2) is 18.0 Å². The van der Waals surface area contributed by atoms with E-state index in [1.165, 1.54) is 6.07 Å². The standard InChI is InChI=1S/C10H5F3N2O4/c1-19-9(16)7-5(4-14)2-3-6(10(11,12)13)8(7)15(17)18/h2-3H,1H3. The largest absolute Gasteiger partial charge is 0.465 e. The Hall–Kier alpha value is -2.63. The molecule has 0 fully saturated rings. The van der Waals surface area contributed by atoms with Gasteiger partial charge in [-0.05, 0) is 12.1 Å². The molecule has 100 valence electrons. The zero-order valence-electron chi connectivity index (χ0n) is 9.32. The van der Waals surface area contributed by atoms with Crippen LogP contribution in [0.1, 0.15) is 21.5 Å². The molecule has 0 radical (unpaired) electrons. The average molecular weight is 274 g/mol. The maximum absolute atomic E-state index is 12.7. The van der Waals surface area contributed by atoms with E-state index < -0.39 is 39.4 Å². The smallest absolute Gasteiger partial charge is 0.423 e. The summed E-state index contributed by atoms with van der Waals surface area (Å²) in [6, 6.07) is 2.47. The number of halogens is 3. The molecule has 0 heterocycles. The zero-order chi connectivity index (χ0) is 14.8. The highest BCUT2D eigenvalue weighted by atomic mass is 19.4. The Bertz CT molecular complexity index is 590. The lowest BCUT2D eigenvalue weighted by Crippen LogP contribution is -2.15. The molecule has 0 atom stereocenters. The predicted octanol–water partition coefficient (Wildman–Crippen LogP) is 2.27. The molecule has 19 heavy (non-hydrogen) atoms. The lowest BCUT2D eigenvalue weighted by atomic mass is 10.0. The maximum Gasteiger partial charge on any atom is 0.423 e. The summed E-state index contributed by atoms with van der Waals surface area (Å²) in [4.78, 5) is 20.8. The first-order valence-electron chi connectivity index (χ1n) is 4.61. The van der Waals surface area contributed by atoms with Gasteiger partial charge in [-0.15, -0.1) is 0 Å². The number of nitro groups is 1. The molecule has 0 N–H and O–H groups in total. The van der Waals surface area contributed by atoms with Gasteiger partial charge < -0.3 is 4.74 Å². The van der Waals surface area contributed by atoms with E-state index in [0.717, 1.165) is 7.11 Å². The van der Waals surface area contributed by atoms with Crippen LogP contribution in [0.5, 0.6) is 0 Å². The molecular formula is C10H5F3N2O4. The Balaban J connectivity index is 3.80. The third kappa shape index (κ3) is 2.62. The fourth-order valence-electron chi connectivity index (χ4n) is 1.41. The van der Waals surface area contributed by atoms with Crippen LogP contribution in [0.4, 0.5) is 18.9 Å². The molecule has 1 aromatic carbocycles. The third-order valence-electron chi connectivity index (χ3n) is 2.18. The number of carbonyl (C=O) groups is 1. The van der Waals surface area contributed by atoms with Gasteiger partial charge in [-0.25, -0.2) is 4.79 Å². The number of benzene rings is 1. The topological polar surface area (TPSA) is 93.2 Å². The molecule has 0 aliphatic heterocycles. The fraction of sp³-hybridized carbons (Fsp3) is 0.200. The molecule has 9 heteroatoms. The number of hydrogen-bond acceptors (Lipinski definition) is 5.